The Labute approximate surface area is 75.6 Å². The van der Waals surface area contributed by atoms with Crippen molar-refractivity contribution in [3.8, 4) is 0 Å². The summed E-state index contributed by atoms with van der Waals surface area (Å²) in [6, 6.07) is 0. The third-order valence-electron chi connectivity index (χ3n) is 3.65. The van der Waals surface area contributed by atoms with Crippen molar-refractivity contribution in [2.45, 2.75) is 25.4 Å². The van der Waals surface area contributed by atoms with Crippen molar-refractivity contribution in [3.63, 3.8) is 0 Å². The average molecular weight is 181 g/mol. The van der Waals surface area contributed by atoms with Crippen LogP contribution in [0.2, 0.25) is 0 Å². The first kappa shape index (κ1) is 7.35. The maximum Gasteiger partial charge on any atom is 0.354 e. The Morgan fingerprint density at radius 2 is 2.23 bits per heavy atom. The lowest BCUT2D eigenvalue weighted by Gasteiger charge is -2.21. The van der Waals surface area contributed by atoms with Crippen LogP contribution < -0.4 is 0 Å². The minimum Gasteiger partial charge on any atom is -0.477 e. The molecule has 3 rings (SSSR count). The second-order valence-corrected chi connectivity index (χ2v) is 4.21. The molecule has 2 fully saturated rings. The summed E-state index contributed by atoms with van der Waals surface area (Å²) in [6.45, 7) is 0. The molecule has 13 heavy (non-hydrogen) atoms. The molecule has 1 aliphatic heterocycles. The zero-order valence-corrected chi connectivity index (χ0v) is 7.14. The van der Waals surface area contributed by atoms with E-state index in [0.717, 1.165) is 12.8 Å². The molecular formula is C9H11NO3. The number of carbonyl (C=O) groups is 1. The molecule has 4 atom stereocenters. The van der Waals surface area contributed by atoms with Crippen molar-refractivity contribution >= 4 is 11.7 Å². The maximum atomic E-state index is 10.8. The molecule has 0 spiro atoms. The van der Waals surface area contributed by atoms with Crippen molar-refractivity contribution in [2.75, 3.05) is 0 Å². The number of hydrogen-bond acceptors (Lipinski definition) is 3. The molecule has 4 heteroatoms. The molecule has 0 unspecified atom stereocenters. The standard InChI is InChI=1S/C9H11NO3/c11-9(12)7-6-4-1-2-5(3-4)8(6)13-10-7/h4-6,8H,1-3H2,(H,11,12)/t4-,5+,6-,8-/m1/s1. The molecule has 0 amide bonds. The minimum absolute atomic E-state index is 0.0878. The third-order valence-corrected chi connectivity index (χ3v) is 3.65. The molecule has 0 saturated heterocycles. The fourth-order valence-corrected chi connectivity index (χ4v) is 3.13. The Bertz CT molecular complexity index is 299. The smallest absolute Gasteiger partial charge is 0.354 e. The van der Waals surface area contributed by atoms with Crippen molar-refractivity contribution in [1.82, 2.24) is 0 Å². The largest absolute Gasteiger partial charge is 0.477 e. The molecule has 0 aromatic carbocycles. The molecule has 2 aliphatic carbocycles. The topological polar surface area (TPSA) is 58.9 Å². The first-order valence-electron chi connectivity index (χ1n) is 4.74. The maximum absolute atomic E-state index is 10.8. The molecule has 1 N–H and O–H groups in total. The highest BCUT2D eigenvalue weighted by Gasteiger charge is 2.55. The Morgan fingerprint density at radius 1 is 1.46 bits per heavy atom. The first-order chi connectivity index (χ1) is 6.27. The van der Waals surface area contributed by atoms with Crippen LogP contribution in [0, 0.1) is 17.8 Å². The quantitative estimate of drug-likeness (QED) is 0.653. The van der Waals surface area contributed by atoms with Gasteiger partial charge in [-0.05, 0) is 31.1 Å². The lowest BCUT2D eigenvalue weighted by Crippen LogP contribution is -2.33. The molecule has 4 nitrogen and oxygen atoms in total. The number of carboxylic acid groups (broad SMARTS) is 1. The van der Waals surface area contributed by atoms with Crippen molar-refractivity contribution in [1.29, 1.82) is 0 Å². The van der Waals surface area contributed by atoms with Crippen LogP contribution in [0.4, 0.5) is 0 Å². The first-order valence-corrected chi connectivity index (χ1v) is 4.74. The van der Waals surface area contributed by atoms with Crippen molar-refractivity contribution < 1.29 is 14.7 Å². The molecule has 1 heterocycles. The van der Waals surface area contributed by atoms with Gasteiger partial charge < -0.3 is 9.94 Å². The monoisotopic (exact) mass is 181 g/mol. The van der Waals surface area contributed by atoms with Gasteiger partial charge >= 0.3 is 5.97 Å². The Morgan fingerprint density at radius 3 is 3.00 bits per heavy atom. The predicted molar refractivity (Wildman–Crippen MR) is 44.3 cm³/mol. The van der Waals surface area contributed by atoms with Gasteiger partial charge in [0.2, 0.25) is 0 Å². The third kappa shape index (κ3) is 0.806. The molecule has 2 saturated carbocycles. The minimum atomic E-state index is -0.903. The van der Waals surface area contributed by atoms with Crippen LogP contribution in [0.5, 0.6) is 0 Å². The van der Waals surface area contributed by atoms with E-state index in [-0.39, 0.29) is 17.7 Å². The SMILES string of the molecule is O=C(O)C1=NO[C@@H]2[C@H]3CC[C@H](C3)[C@H]12. The zero-order valence-electron chi connectivity index (χ0n) is 7.14. The van der Waals surface area contributed by atoms with Gasteiger partial charge in [-0.3, -0.25) is 0 Å². The van der Waals surface area contributed by atoms with Gasteiger partial charge in [-0.15, -0.1) is 0 Å². The Kier molecular flexibility index (Phi) is 1.27. The number of nitrogens with zero attached hydrogens (tertiary/aromatic N) is 1. The van der Waals surface area contributed by atoms with Crippen LogP contribution in [0.3, 0.4) is 0 Å². The van der Waals surface area contributed by atoms with E-state index in [4.69, 9.17) is 9.94 Å². The fourth-order valence-electron chi connectivity index (χ4n) is 3.13. The van der Waals surface area contributed by atoms with Crippen molar-refractivity contribution in [3.05, 3.63) is 0 Å². The highest BCUT2D eigenvalue weighted by Crippen LogP contribution is 2.52. The fraction of sp³-hybridized carbons (Fsp3) is 0.778. The number of aliphatic carboxylic acids is 1. The molecule has 70 valence electrons. The zero-order chi connectivity index (χ0) is 9.00. The second-order valence-electron chi connectivity index (χ2n) is 4.21. The molecule has 3 aliphatic rings. The number of hydrogen-bond donors (Lipinski definition) is 1. The Hall–Kier alpha value is -1.06. The summed E-state index contributed by atoms with van der Waals surface area (Å²) in [5, 5.41) is 12.6. The van der Waals surface area contributed by atoms with E-state index in [1.807, 2.05) is 0 Å². The van der Waals surface area contributed by atoms with E-state index in [0.29, 0.717) is 11.8 Å². The normalized spacial score (nSPS) is 45.7. The van der Waals surface area contributed by atoms with Gasteiger partial charge in [-0.2, -0.15) is 0 Å². The molecule has 0 radical (unpaired) electrons. The Balaban J connectivity index is 1.93. The summed E-state index contributed by atoms with van der Waals surface area (Å²) in [6.07, 6.45) is 3.57. The van der Waals surface area contributed by atoms with Crippen molar-refractivity contribution in [2.24, 2.45) is 22.9 Å². The van der Waals surface area contributed by atoms with E-state index in [2.05, 4.69) is 5.16 Å². The van der Waals surface area contributed by atoms with Crippen LogP contribution in [0.15, 0.2) is 5.16 Å². The van der Waals surface area contributed by atoms with Gasteiger partial charge in [0.25, 0.3) is 0 Å². The number of oxime groups is 1. The van der Waals surface area contributed by atoms with Gasteiger partial charge in [-0.1, -0.05) is 5.16 Å². The number of rotatable bonds is 1. The van der Waals surface area contributed by atoms with E-state index < -0.39 is 5.97 Å². The van der Waals surface area contributed by atoms with Crippen LogP contribution >= 0.6 is 0 Å². The summed E-state index contributed by atoms with van der Waals surface area (Å²) in [5.41, 5.74) is 0.261. The van der Waals surface area contributed by atoms with E-state index in [9.17, 15) is 4.79 Å². The summed E-state index contributed by atoms with van der Waals surface area (Å²) < 4.78 is 0. The van der Waals surface area contributed by atoms with E-state index in [1.54, 1.807) is 0 Å². The summed E-state index contributed by atoms with van der Waals surface area (Å²) in [5.74, 6) is 0.277. The van der Waals surface area contributed by atoms with Gasteiger partial charge in [0.15, 0.2) is 5.71 Å². The lowest BCUT2D eigenvalue weighted by molar-refractivity contribution is -0.129. The molecule has 0 aromatic rings. The van der Waals surface area contributed by atoms with E-state index in [1.165, 1.54) is 6.42 Å². The van der Waals surface area contributed by atoms with Gasteiger partial charge in [0, 0.05) is 0 Å². The summed E-state index contributed by atoms with van der Waals surface area (Å²) in [7, 11) is 0. The predicted octanol–water partition coefficient (Wildman–Crippen LogP) is 0.872. The number of carboxylic acids is 1. The highest BCUT2D eigenvalue weighted by atomic mass is 16.6. The highest BCUT2D eigenvalue weighted by molar-refractivity contribution is 6.37. The van der Waals surface area contributed by atoms with Crippen LogP contribution in [0.25, 0.3) is 0 Å². The second kappa shape index (κ2) is 2.25. The average Bonchev–Trinajstić information content (AvgIpc) is 2.76. The molecule has 0 aromatic heterocycles. The van der Waals surface area contributed by atoms with Crippen LogP contribution in [-0.4, -0.2) is 22.9 Å². The lowest BCUT2D eigenvalue weighted by atomic mass is 9.83. The summed E-state index contributed by atoms with van der Waals surface area (Å²) >= 11 is 0. The van der Waals surface area contributed by atoms with Gasteiger partial charge in [-0.25, -0.2) is 4.79 Å². The molecule has 2 bridgehead atoms. The van der Waals surface area contributed by atoms with E-state index >= 15 is 0 Å². The van der Waals surface area contributed by atoms with Crippen LogP contribution in [0.1, 0.15) is 19.3 Å². The molecular weight excluding hydrogens is 170 g/mol. The number of fused-ring (bicyclic) bond motifs is 5. The summed E-state index contributed by atoms with van der Waals surface area (Å²) in [4.78, 5) is 16.0. The van der Waals surface area contributed by atoms with Gasteiger partial charge in [0.05, 0.1) is 5.92 Å². The van der Waals surface area contributed by atoms with Gasteiger partial charge in [0.1, 0.15) is 6.10 Å². The van der Waals surface area contributed by atoms with Crippen LogP contribution in [-0.2, 0) is 9.63 Å².